The van der Waals surface area contributed by atoms with Gasteiger partial charge in [-0.15, -0.1) is 0 Å². The Morgan fingerprint density at radius 1 is 1.10 bits per heavy atom. The maximum absolute atomic E-state index is 6.09. The number of aromatic nitrogens is 1. The second-order valence-electron chi connectivity index (χ2n) is 5.67. The van der Waals surface area contributed by atoms with Crippen molar-refractivity contribution in [3.8, 4) is 0 Å². The molecule has 2 aromatic rings. The summed E-state index contributed by atoms with van der Waals surface area (Å²) < 4.78 is 0. The normalized spacial score (nSPS) is 16.1. The second-order valence-corrected chi connectivity index (χ2v) is 5.67. The van der Waals surface area contributed by atoms with Crippen LogP contribution in [0.5, 0.6) is 0 Å². The SMILES string of the molecule is Cc1cnc(N2CCN(Cc3ccccc3)CC2)c(N)c1. The van der Waals surface area contributed by atoms with Crippen molar-refractivity contribution in [1.82, 2.24) is 9.88 Å². The first-order chi connectivity index (χ1) is 10.2. The summed E-state index contributed by atoms with van der Waals surface area (Å²) in [6.45, 7) is 7.09. The number of anilines is 2. The topological polar surface area (TPSA) is 45.4 Å². The summed E-state index contributed by atoms with van der Waals surface area (Å²) in [6.07, 6.45) is 1.89. The first kappa shape index (κ1) is 13.9. The molecule has 1 aromatic carbocycles. The van der Waals surface area contributed by atoms with Crippen LogP contribution in [0.15, 0.2) is 42.6 Å². The van der Waals surface area contributed by atoms with E-state index >= 15 is 0 Å². The van der Waals surface area contributed by atoms with Crippen molar-refractivity contribution in [3.05, 3.63) is 53.7 Å². The van der Waals surface area contributed by atoms with E-state index in [1.54, 1.807) is 0 Å². The second kappa shape index (κ2) is 6.14. The molecule has 21 heavy (non-hydrogen) atoms. The minimum Gasteiger partial charge on any atom is -0.396 e. The number of nitrogen functional groups attached to an aromatic ring is 1. The molecular formula is C17H22N4. The van der Waals surface area contributed by atoms with E-state index in [9.17, 15) is 0 Å². The van der Waals surface area contributed by atoms with Gasteiger partial charge in [0.25, 0.3) is 0 Å². The summed E-state index contributed by atoms with van der Waals surface area (Å²) in [7, 11) is 0. The van der Waals surface area contributed by atoms with E-state index in [-0.39, 0.29) is 0 Å². The summed E-state index contributed by atoms with van der Waals surface area (Å²) >= 11 is 0. The van der Waals surface area contributed by atoms with Gasteiger partial charge in [0.2, 0.25) is 0 Å². The molecule has 4 nitrogen and oxygen atoms in total. The van der Waals surface area contributed by atoms with E-state index < -0.39 is 0 Å². The van der Waals surface area contributed by atoms with Crippen molar-refractivity contribution in [2.75, 3.05) is 36.8 Å². The molecule has 0 saturated carbocycles. The maximum atomic E-state index is 6.09. The fraction of sp³-hybridized carbons (Fsp3) is 0.353. The Balaban J connectivity index is 1.60. The van der Waals surface area contributed by atoms with Crippen LogP contribution in [0.2, 0.25) is 0 Å². The van der Waals surface area contributed by atoms with Gasteiger partial charge in [-0.1, -0.05) is 30.3 Å². The van der Waals surface area contributed by atoms with Gasteiger partial charge in [-0.3, -0.25) is 4.90 Å². The van der Waals surface area contributed by atoms with Gasteiger partial charge in [0.05, 0.1) is 5.69 Å². The molecule has 1 aliphatic rings. The van der Waals surface area contributed by atoms with E-state index in [0.29, 0.717) is 0 Å². The Morgan fingerprint density at radius 3 is 2.48 bits per heavy atom. The molecular weight excluding hydrogens is 260 g/mol. The van der Waals surface area contributed by atoms with Crippen LogP contribution in [0.1, 0.15) is 11.1 Å². The van der Waals surface area contributed by atoms with Crippen LogP contribution >= 0.6 is 0 Å². The lowest BCUT2D eigenvalue weighted by Crippen LogP contribution is -2.46. The Labute approximate surface area is 126 Å². The average Bonchev–Trinajstić information content (AvgIpc) is 2.49. The van der Waals surface area contributed by atoms with Gasteiger partial charge in [0.1, 0.15) is 0 Å². The van der Waals surface area contributed by atoms with Gasteiger partial charge >= 0.3 is 0 Å². The highest BCUT2D eigenvalue weighted by Crippen LogP contribution is 2.22. The standard InChI is InChI=1S/C17H22N4/c1-14-11-16(18)17(19-12-14)21-9-7-20(8-10-21)13-15-5-3-2-4-6-15/h2-6,11-12H,7-10,13,18H2,1H3. The molecule has 2 heterocycles. The van der Waals surface area contributed by atoms with Gasteiger partial charge in [-0.25, -0.2) is 4.98 Å². The zero-order valence-electron chi connectivity index (χ0n) is 12.5. The number of hydrogen-bond acceptors (Lipinski definition) is 4. The number of hydrogen-bond donors (Lipinski definition) is 1. The molecule has 0 amide bonds. The highest BCUT2D eigenvalue weighted by Gasteiger charge is 2.19. The molecule has 1 aliphatic heterocycles. The number of piperazine rings is 1. The molecule has 0 radical (unpaired) electrons. The van der Waals surface area contributed by atoms with Crippen molar-refractivity contribution in [2.45, 2.75) is 13.5 Å². The highest BCUT2D eigenvalue weighted by molar-refractivity contribution is 5.63. The Morgan fingerprint density at radius 2 is 1.81 bits per heavy atom. The molecule has 4 heteroatoms. The maximum Gasteiger partial charge on any atom is 0.151 e. The third kappa shape index (κ3) is 3.34. The van der Waals surface area contributed by atoms with E-state index in [4.69, 9.17) is 5.73 Å². The molecule has 1 fully saturated rings. The van der Waals surface area contributed by atoms with Crippen molar-refractivity contribution >= 4 is 11.5 Å². The average molecular weight is 282 g/mol. The van der Waals surface area contributed by atoms with Crippen molar-refractivity contribution in [2.24, 2.45) is 0 Å². The van der Waals surface area contributed by atoms with E-state index in [1.807, 2.05) is 19.2 Å². The quantitative estimate of drug-likeness (QED) is 0.938. The zero-order chi connectivity index (χ0) is 14.7. The monoisotopic (exact) mass is 282 g/mol. The van der Waals surface area contributed by atoms with Gasteiger partial charge in [0.15, 0.2) is 5.82 Å². The van der Waals surface area contributed by atoms with E-state index in [1.165, 1.54) is 5.56 Å². The van der Waals surface area contributed by atoms with Gasteiger partial charge in [-0.2, -0.15) is 0 Å². The van der Waals surface area contributed by atoms with Crippen molar-refractivity contribution < 1.29 is 0 Å². The lowest BCUT2D eigenvalue weighted by Gasteiger charge is -2.35. The number of nitrogens with zero attached hydrogens (tertiary/aromatic N) is 3. The Hall–Kier alpha value is -2.07. The smallest absolute Gasteiger partial charge is 0.151 e. The van der Waals surface area contributed by atoms with Crippen LogP contribution in [0.3, 0.4) is 0 Å². The minimum absolute atomic E-state index is 0.784. The molecule has 110 valence electrons. The predicted molar refractivity (Wildman–Crippen MR) is 87.3 cm³/mol. The lowest BCUT2D eigenvalue weighted by molar-refractivity contribution is 0.249. The summed E-state index contributed by atoms with van der Waals surface area (Å²) in [5.74, 6) is 0.931. The number of benzene rings is 1. The molecule has 1 aromatic heterocycles. The molecule has 0 spiro atoms. The first-order valence-corrected chi connectivity index (χ1v) is 7.46. The third-order valence-corrected chi connectivity index (χ3v) is 3.95. The third-order valence-electron chi connectivity index (χ3n) is 3.95. The summed E-state index contributed by atoms with van der Waals surface area (Å²) in [5, 5.41) is 0. The van der Waals surface area contributed by atoms with Crippen molar-refractivity contribution in [3.63, 3.8) is 0 Å². The van der Waals surface area contributed by atoms with Gasteiger partial charge < -0.3 is 10.6 Å². The zero-order valence-corrected chi connectivity index (χ0v) is 12.5. The Kier molecular flexibility index (Phi) is 4.06. The van der Waals surface area contributed by atoms with E-state index in [2.05, 4.69) is 45.1 Å². The van der Waals surface area contributed by atoms with Crippen LogP contribution in [0.25, 0.3) is 0 Å². The summed E-state index contributed by atoms with van der Waals surface area (Å²) in [5.41, 5.74) is 9.36. The first-order valence-electron chi connectivity index (χ1n) is 7.46. The van der Waals surface area contributed by atoms with Crippen LogP contribution in [-0.4, -0.2) is 36.1 Å². The molecule has 3 rings (SSSR count). The molecule has 0 atom stereocenters. The highest BCUT2D eigenvalue weighted by atomic mass is 15.3. The molecule has 2 N–H and O–H groups in total. The Bertz CT molecular complexity index is 589. The largest absolute Gasteiger partial charge is 0.396 e. The van der Waals surface area contributed by atoms with E-state index in [0.717, 1.165) is 49.8 Å². The number of nitrogens with two attached hydrogens (primary N) is 1. The summed E-state index contributed by atoms with van der Waals surface area (Å²) in [4.78, 5) is 9.26. The number of aryl methyl sites for hydroxylation is 1. The summed E-state index contributed by atoms with van der Waals surface area (Å²) in [6, 6.07) is 12.6. The van der Waals surface area contributed by atoms with Crippen LogP contribution in [-0.2, 0) is 6.54 Å². The fourth-order valence-electron chi connectivity index (χ4n) is 2.81. The number of rotatable bonds is 3. The van der Waals surface area contributed by atoms with Gasteiger partial charge in [0, 0.05) is 38.9 Å². The minimum atomic E-state index is 0.784. The predicted octanol–water partition coefficient (Wildman–Crippen LogP) is 2.29. The van der Waals surface area contributed by atoms with Crippen LogP contribution < -0.4 is 10.6 Å². The van der Waals surface area contributed by atoms with Crippen LogP contribution in [0.4, 0.5) is 11.5 Å². The molecule has 0 bridgehead atoms. The fourth-order valence-corrected chi connectivity index (χ4v) is 2.81. The molecule has 0 aliphatic carbocycles. The van der Waals surface area contributed by atoms with Gasteiger partial charge in [-0.05, 0) is 24.1 Å². The van der Waals surface area contributed by atoms with Crippen molar-refractivity contribution in [1.29, 1.82) is 0 Å². The van der Waals surface area contributed by atoms with Crippen LogP contribution in [0, 0.1) is 6.92 Å². The number of pyridine rings is 1. The molecule has 0 unspecified atom stereocenters. The molecule has 1 saturated heterocycles. The lowest BCUT2D eigenvalue weighted by atomic mass is 10.2.